The van der Waals surface area contributed by atoms with Crippen LogP contribution in [0.5, 0.6) is 0 Å². The molecule has 32 heavy (non-hydrogen) atoms. The molecule has 0 unspecified atom stereocenters. The minimum atomic E-state index is -1.32. The normalized spacial score (nSPS) is 10.8. The van der Waals surface area contributed by atoms with Crippen LogP contribution >= 0.6 is 0 Å². The maximum absolute atomic E-state index is 14.4. The zero-order valence-corrected chi connectivity index (χ0v) is 17.7. The quantitative estimate of drug-likeness (QED) is 0.316. The number of ether oxygens (including phenoxy) is 1. The molecule has 0 saturated heterocycles. The Morgan fingerprint density at radius 3 is 2.47 bits per heavy atom. The van der Waals surface area contributed by atoms with Gasteiger partial charge in [-0.1, -0.05) is 12.5 Å². The third kappa shape index (κ3) is 7.86. The van der Waals surface area contributed by atoms with E-state index in [0.29, 0.717) is 25.0 Å². The van der Waals surface area contributed by atoms with Gasteiger partial charge in [-0.15, -0.1) is 0 Å². The molecule has 0 aliphatic carbocycles. The van der Waals surface area contributed by atoms with E-state index in [-0.39, 0.29) is 30.4 Å². The molecule has 2 aromatic carbocycles. The topological polar surface area (TPSA) is 103 Å². The number of hydrogen-bond donors (Lipinski definition) is 3. The molecule has 2 amide bonds. The van der Waals surface area contributed by atoms with Crippen LogP contribution in [0.3, 0.4) is 0 Å². The number of carbonyl (C=O) groups excluding carboxylic acids is 2. The largest absolute Gasteiger partial charge is 0.379 e. The summed E-state index contributed by atoms with van der Waals surface area (Å²) in [4.78, 5) is 28.0. The Bertz CT molecular complexity index is 941. The maximum atomic E-state index is 14.4. The van der Waals surface area contributed by atoms with E-state index >= 15 is 0 Å². The van der Waals surface area contributed by atoms with Crippen molar-refractivity contribution < 1.29 is 32.3 Å². The molecule has 4 N–H and O–H groups in total. The second kappa shape index (κ2) is 12.7. The van der Waals surface area contributed by atoms with Crippen LogP contribution < -0.4 is 16.5 Å². The summed E-state index contributed by atoms with van der Waals surface area (Å²) in [7, 11) is 0. The van der Waals surface area contributed by atoms with Crippen LogP contribution in [0, 0.1) is 24.4 Å². The predicted octanol–water partition coefficient (Wildman–Crippen LogP) is 3.88. The number of anilines is 2. The van der Waals surface area contributed by atoms with E-state index in [4.69, 9.17) is 15.3 Å². The van der Waals surface area contributed by atoms with Crippen molar-refractivity contribution in [2.75, 3.05) is 25.1 Å². The Labute approximate surface area is 184 Å². The van der Waals surface area contributed by atoms with Crippen molar-refractivity contribution in [1.29, 1.82) is 0 Å². The second-order valence-corrected chi connectivity index (χ2v) is 7.06. The molecule has 0 spiro atoms. The molecule has 0 aliphatic rings. The van der Waals surface area contributed by atoms with Crippen LogP contribution in [0.25, 0.3) is 0 Å². The molecular weight excluding hydrogens is 427 g/mol. The minimum absolute atomic E-state index is 0.0199. The molecule has 0 saturated carbocycles. The molecule has 0 radical (unpaired) electrons. The summed E-state index contributed by atoms with van der Waals surface area (Å²) in [6.07, 6.45) is 2.59. The van der Waals surface area contributed by atoms with E-state index in [0.717, 1.165) is 25.0 Å². The van der Waals surface area contributed by atoms with Gasteiger partial charge in [0.1, 0.15) is 5.82 Å². The van der Waals surface area contributed by atoms with Gasteiger partial charge in [0.15, 0.2) is 11.6 Å². The van der Waals surface area contributed by atoms with Crippen LogP contribution in [-0.4, -0.2) is 31.6 Å². The highest BCUT2D eigenvalue weighted by molar-refractivity contribution is 6.00. The Kier molecular flexibility index (Phi) is 9.96. The minimum Gasteiger partial charge on any atom is -0.379 e. The van der Waals surface area contributed by atoms with Gasteiger partial charge in [-0.25, -0.2) is 18.7 Å². The lowest BCUT2D eigenvalue weighted by atomic mass is 10.1. The van der Waals surface area contributed by atoms with Crippen molar-refractivity contribution in [2.45, 2.75) is 32.6 Å². The first-order valence-electron chi connectivity index (χ1n) is 10.1. The fourth-order valence-corrected chi connectivity index (χ4v) is 2.77. The number of carbonyl (C=O) groups is 2. The summed E-state index contributed by atoms with van der Waals surface area (Å²) in [5.74, 6) is -4.37. The highest BCUT2D eigenvalue weighted by atomic mass is 19.2. The van der Waals surface area contributed by atoms with E-state index in [1.165, 1.54) is 12.1 Å². The highest BCUT2D eigenvalue weighted by Gasteiger charge is 2.20. The van der Waals surface area contributed by atoms with Crippen molar-refractivity contribution in [3.8, 4) is 0 Å². The van der Waals surface area contributed by atoms with Crippen LogP contribution in [0.2, 0.25) is 0 Å². The highest BCUT2D eigenvalue weighted by Crippen LogP contribution is 2.28. The molecule has 7 nitrogen and oxygen atoms in total. The smallest absolute Gasteiger partial charge is 0.277 e. The van der Waals surface area contributed by atoms with E-state index in [1.54, 1.807) is 13.0 Å². The van der Waals surface area contributed by atoms with E-state index in [2.05, 4.69) is 10.8 Å². The van der Waals surface area contributed by atoms with Crippen molar-refractivity contribution in [3.63, 3.8) is 0 Å². The van der Waals surface area contributed by atoms with Crippen LogP contribution in [0.4, 0.5) is 24.5 Å². The lowest BCUT2D eigenvalue weighted by molar-refractivity contribution is -0.118. The number of nitrogens with two attached hydrogens (primary N) is 1. The molecule has 0 bridgehead atoms. The molecule has 10 heteroatoms. The van der Waals surface area contributed by atoms with Crippen molar-refractivity contribution in [2.24, 2.45) is 5.73 Å². The zero-order valence-electron chi connectivity index (χ0n) is 17.7. The summed E-state index contributed by atoms with van der Waals surface area (Å²) in [6.45, 7) is 2.34. The summed E-state index contributed by atoms with van der Waals surface area (Å²) in [5, 5.41) is 2.44. The number of hydroxylamine groups is 1. The molecular formula is C22H26F3N3O4. The Balaban J connectivity index is 1.85. The predicted molar refractivity (Wildman–Crippen MR) is 113 cm³/mol. The summed E-state index contributed by atoms with van der Waals surface area (Å²) < 4.78 is 47.5. The Morgan fingerprint density at radius 2 is 1.75 bits per heavy atom. The van der Waals surface area contributed by atoms with E-state index in [1.807, 2.05) is 0 Å². The summed E-state index contributed by atoms with van der Waals surface area (Å²) in [5.41, 5.74) is 6.93. The zero-order chi connectivity index (χ0) is 23.5. The van der Waals surface area contributed by atoms with E-state index < -0.39 is 29.0 Å². The van der Waals surface area contributed by atoms with Gasteiger partial charge in [0.2, 0.25) is 5.91 Å². The number of rotatable bonds is 13. The number of benzene rings is 2. The third-order valence-electron chi connectivity index (χ3n) is 4.43. The average molecular weight is 453 g/mol. The van der Waals surface area contributed by atoms with Crippen LogP contribution in [0.15, 0.2) is 30.3 Å². The van der Waals surface area contributed by atoms with Crippen molar-refractivity contribution >= 4 is 23.2 Å². The number of nitrogens with one attached hydrogen (secondary N) is 2. The number of primary amides is 1. The first kappa shape index (κ1) is 25.2. The van der Waals surface area contributed by atoms with Gasteiger partial charge in [0.05, 0.1) is 30.2 Å². The SMILES string of the molecule is Cc1ccc(Nc2c(C(=O)NOCCOCCCCCC(N)=O)ccc(F)c2F)c(F)c1. The van der Waals surface area contributed by atoms with Gasteiger partial charge in [-0.05, 0) is 49.6 Å². The Hall–Kier alpha value is -3.11. The number of amides is 2. The molecule has 0 aliphatic heterocycles. The van der Waals surface area contributed by atoms with Gasteiger partial charge in [-0.3, -0.25) is 14.4 Å². The Morgan fingerprint density at radius 1 is 0.969 bits per heavy atom. The fourth-order valence-electron chi connectivity index (χ4n) is 2.77. The average Bonchev–Trinajstić information content (AvgIpc) is 2.74. The summed E-state index contributed by atoms with van der Waals surface area (Å²) >= 11 is 0. The monoisotopic (exact) mass is 453 g/mol. The first-order chi connectivity index (χ1) is 15.3. The molecule has 2 rings (SSSR count). The van der Waals surface area contributed by atoms with Crippen molar-refractivity contribution in [1.82, 2.24) is 5.48 Å². The molecule has 0 aromatic heterocycles. The van der Waals surface area contributed by atoms with Crippen LogP contribution in [-0.2, 0) is 14.4 Å². The molecule has 174 valence electrons. The van der Waals surface area contributed by atoms with E-state index in [9.17, 15) is 22.8 Å². The van der Waals surface area contributed by atoms with Gasteiger partial charge in [0.25, 0.3) is 5.91 Å². The molecule has 2 aromatic rings. The maximum Gasteiger partial charge on any atom is 0.277 e. The number of hydrogen-bond acceptors (Lipinski definition) is 5. The first-order valence-corrected chi connectivity index (χ1v) is 10.1. The van der Waals surface area contributed by atoms with Crippen molar-refractivity contribution in [3.05, 3.63) is 58.9 Å². The molecule has 0 atom stereocenters. The van der Waals surface area contributed by atoms with Gasteiger partial charge >= 0.3 is 0 Å². The van der Waals surface area contributed by atoms with Gasteiger partial charge in [0, 0.05) is 13.0 Å². The van der Waals surface area contributed by atoms with Gasteiger partial charge in [-0.2, -0.15) is 0 Å². The number of halogens is 3. The molecule has 0 heterocycles. The number of unbranched alkanes of at least 4 members (excludes halogenated alkanes) is 2. The lowest BCUT2D eigenvalue weighted by Crippen LogP contribution is -2.26. The fraction of sp³-hybridized carbons (Fsp3) is 0.364. The van der Waals surface area contributed by atoms with Crippen LogP contribution in [0.1, 0.15) is 41.6 Å². The molecule has 0 fully saturated rings. The second-order valence-electron chi connectivity index (χ2n) is 7.06. The number of aryl methyl sites for hydroxylation is 1. The summed E-state index contributed by atoms with van der Waals surface area (Å²) in [6, 6.07) is 6.03. The standard InChI is InChI=1S/C22H26F3N3O4/c1-14-6-9-18(17(24)13-14)27-21-15(7-8-16(23)20(21)25)22(30)28-32-12-11-31-10-4-2-3-5-19(26)29/h6-9,13,27H,2-5,10-12H2,1H3,(H2,26,29)(H,28,30). The lowest BCUT2D eigenvalue weighted by Gasteiger charge is -2.14. The third-order valence-corrected chi connectivity index (χ3v) is 4.43. The van der Waals surface area contributed by atoms with Gasteiger partial charge < -0.3 is 15.8 Å².